The van der Waals surface area contributed by atoms with Gasteiger partial charge < -0.3 is 10.1 Å². The summed E-state index contributed by atoms with van der Waals surface area (Å²) < 4.78 is 5.25. The lowest BCUT2D eigenvalue weighted by atomic mass is 9.86. The van der Waals surface area contributed by atoms with Crippen LogP contribution in [0.25, 0.3) is 0 Å². The summed E-state index contributed by atoms with van der Waals surface area (Å²) in [5.74, 6) is 0.968. The molecule has 3 rings (SSSR count). The summed E-state index contributed by atoms with van der Waals surface area (Å²) in [4.78, 5) is 13.9. The molecule has 4 nitrogen and oxygen atoms in total. The highest BCUT2D eigenvalue weighted by Gasteiger charge is 2.26. The molecule has 1 N–H and O–H groups in total. The number of hydrogen-bond acceptors (Lipinski definition) is 4. The van der Waals surface area contributed by atoms with Crippen LogP contribution in [-0.2, 0) is 12.8 Å². The number of carbonyl (C=O) groups excluding carboxylic acids is 1. The van der Waals surface area contributed by atoms with Gasteiger partial charge in [0.1, 0.15) is 16.8 Å². The Balaban J connectivity index is 1.89. The monoisotopic (exact) mass is 340 g/mol. The van der Waals surface area contributed by atoms with Crippen molar-refractivity contribution in [3.8, 4) is 11.8 Å². The number of rotatable bonds is 4. The zero-order valence-corrected chi connectivity index (χ0v) is 14.7. The molecule has 0 saturated heterocycles. The molecule has 0 aliphatic heterocycles. The molecule has 0 saturated carbocycles. The summed E-state index contributed by atoms with van der Waals surface area (Å²) in [6.45, 7) is 2.21. The number of fused-ring (bicyclic) bond motifs is 1. The number of hydrogen-bond donors (Lipinski definition) is 1. The van der Waals surface area contributed by atoms with Crippen LogP contribution in [0.2, 0.25) is 0 Å². The van der Waals surface area contributed by atoms with Crippen molar-refractivity contribution in [1.82, 2.24) is 0 Å². The van der Waals surface area contributed by atoms with Gasteiger partial charge in [0, 0.05) is 4.88 Å². The van der Waals surface area contributed by atoms with Crippen LogP contribution in [0.1, 0.15) is 46.1 Å². The molecule has 1 aromatic carbocycles. The summed E-state index contributed by atoms with van der Waals surface area (Å²) in [5, 5.41) is 13.1. The van der Waals surface area contributed by atoms with Crippen molar-refractivity contribution < 1.29 is 9.53 Å². The molecule has 1 atom stereocenters. The Morgan fingerprint density at radius 2 is 2.25 bits per heavy atom. The van der Waals surface area contributed by atoms with Crippen molar-refractivity contribution in [1.29, 1.82) is 5.26 Å². The predicted molar refractivity (Wildman–Crippen MR) is 95.8 cm³/mol. The smallest absolute Gasteiger partial charge is 0.260 e. The number of amides is 1. The quantitative estimate of drug-likeness (QED) is 0.897. The van der Waals surface area contributed by atoms with Crippen molar-refractivity contribution in [2.75, 3.05) is 12.4 Å². The lowest BCUT2D eigenvalue weighted by Crippen LogP contribution is -2.13. The van der Waals surface area contributed by atoms with Crippen LogP contribution in [0.15, 0.2) is 24.3 Å². The van der Waals surface area contributed by atoms with Gasteiger partial charge in [-0.2, -0.15) is 5.26 Å². The molecule has 124 valence electrons. The Morgan fingerprint density at radius 3 is 2.96 bits per heavy atom. The van der Waals surface area contributed by atoms with E-state index in [0.29, 0.717) is 27.8 Å². The summed E-state index contributed by atoms with van der Waals surface area (Å²) in [6, 6.07) is 9.39. The number of para-hydroxylation sites is 1. The number of benzene rings is 1. The SMILES string of the molecule is CCC1CCc2c(sc(NC(=O)c3ccccc3OC)c2C#N)C1. The molecule has 5 heteroatoms. The predicted octanol–water partition coefficient (Wildman–Crippen LogP) is 4.40. The van der Waals surface area contributed by atoms with Crippen LogP contribution in [0.4, 0.5) is 5.00 Å². The van der Waals surface area contributed by atoms with Gasteiger partial charge in [-0.25, -0.2) is 0 Å². The molecule has 1 heterocycles. The minimum absolute atomic E-state index is 0.241. The zero-order valence-electron chi connectivity index (χ0n) is 13.9. The van der Waals surface area contributed by atoms with Gasteiger partial charge in [0.15, 0.2) is 0 Å². The van der Waals surface area contributed by atoms with E-state index in [1.165, 1.54) is 4.88 Å². The van der Waals surface area contributed by atoms with Crippen LogP contribution in [0.5, 0.6) is 5.75 Å². The van der Waals surface area contributed by atoms with Gasteiger partial charge in [-0.15, -0.1) is 11.3 Å². The van der Waals surface area contributed by atoms with Crippen LogP contribution >= 0.6 is 11.3 Å². The van der Waals surface area contributed by atoms with Crippen LogP contribution < -0.4 is 10.1 Å². The van der Waals surface area contributed by atoms with E-state index >= 15 is 0 Å². The maximum atomic E-state index is 12.6. The fraction of sp³-hybridized carbons (Fsp3) is 0.368. The van der Waals surface area contributed by atoms with E-state index in [1.54, 1.807) is 36.6 Å². The van der Waals surface area contributed by atoms with Crippen molar-refractivity contribution in [3.63, 3.8) is 0 Å². The summed E-state index contributed by atoms with van der Waals surface area (Å²) in [6.07, 6.45) is 4.21. The van der Waals surface area contributed by atoms with Gasteiger partial charge in [-0.3, -0.25) is 4.79 Å². The Hall–Kier alpha value is -2.32. The van der Waals surface area contributed by atoms with E-state index in [-0.39, 0.29) is 5.91 Å². The van der Waals surface area contributed by atoms with Crippen LogP contribution in [-0.4, -0.2) is 13.0 Å². The maximum Gasteiger partial charge on any atom is 0.260 e. The zero-order chi connectivity index (χ0) is 17.1. The second kappa shape index (κ2) is 7.06. The molecule has 1 aliphatic carbocycles. The van der Waals surface area contributed by atoms with E-state index in [9.17, 15) is 10.1 Å². The minimum atomic E-state index is -0.241. The molecule has 1 aliphatic rings. The van der Waals surface area contributed by atoms with Gasteiger partial charge >= 0.3 is 0 Å². The molecule has 1 aromatic heterocycles. The number of carbonyl (C=O) groups is 1. The first kappa shape index (κ1) is 16.5. The van der Waals surface area contributed by atoms with E-state index in [1.807, 2.05) is 6.07 Å². The molecule has 24 heavy (non-hydrogen) atoms. The van der Waals surface area contributed by atoms with E-state index in [0.717, 1.165) is 31.2 Å². The molecule has 2 aromatic rings. The fourth-order valence-electron chi connectivity index (χ4n) is 3.21. The van der Waals surface area contributed by atoms with Gasteiger partial charge in [0.2, 0.25) is 0 Å². The molecule has 0 radical (unpaired) electrons. The van der Waals surface area contributed by atoms with E-state index in [2.05, 4.69) is 18.3 Å². The number of methoxy groups -OCH3 is 1. The number of nitriles is 1. The number of ether oxygens (including phenoxy) is 1. The number of thiophene rings is 1. The standard InChI is InChI=1S/C19H20N2O2S/c1-3-12-8-9-13-15(11-20)19(24-17(13)10-12)21-18(22)14-6-4-5-7-16(14)23-2/h4-7,12H,3,8-10H2,1-2H3,(H,21,22). The highest BCUT2D eigenvalue weighted by molar-refractivity contribution is 7.16. The molecule has 0 spiro atoms. The molecular formula is C19H20N2O2S. The van der Waals surface area contributed by atoms with E-state index in [4.69, 9.17) is 4.74 Å². The minimum Gasteiger partial charge on any atom is -0.496 e. The first-order valence-corrected chi connectivity index (χ1v) is 8.98. The van der Waals surface area contributed by atoms with E-state index < -0.39 is 0 Å². The van der Waals surface area contributed by atoms with Gasteiger partial charge in [0.25, 0.3) is 5.91 Å². The van der Waals surface area contributed by atoms with Crippen molar-refractivity contribution in [2.45, 2.75) is 32.6 Å². The summed E-state index contributed by atoms with van der Waals surface area (Å²) >= 11 is 1.55. The third-order valence-corrected chi connectivity index (χ3v) is 5.80. The lowest BCUT2D eigenvalue weighted by Gasteiger charge is -2.20. The normalized spacial score (nSPS) is 16.1. The first-order valence-electron chi connectivity index (χ1n) is 8.16. The highest BCUT2D eigenvalue weighted by Crippen LogP contribution is 2.40. The topological polar surface area (TPSA) is 62.1 Å². The van der Waals surface area contributed by atoms with Crippen molar-refractivity contribution in [2.24, 2.45) is 5.92 Å². The Morgan fingerprint density at radius 1 is 1.46 bits per heavy atom. The fourth-order valence-corrected chi connectivity index (χ4v) is 4.52. The maximum absolute atomic E-state index is 12.6. The number of nitrogens with one attached hydrogen (secondary N) is 1. The average molecular weight is 340 g/mol. The average Bonchev–Trinajstić information content (AvgIpc) is 2.97. The van der Waals surface area contributed by atoms with Gasteiger partial charge in [0.05, 0.1) is 18.2 Å². The molecular weight excluding hydrogens is 320 g/mol. The number of anilines is 1. The molecule has 1 unspecified atom stereocenters. The second-order valence-corrected chi connectivity index (χ2v) is 7.10. The van der Waals surface area contributed by atoms with Crippen LogP contribution in [0.3, 0.4) is 0 Å². The Kier molecular flexibility index (Phi) is 4.86. The Bertz CT molecular complexity index is 804. The van der Waals surface area contributed by atoms with Gasteiger partial charge in [-0.05, 0) is 42.9 Å². The van der Waals surface area contributed by atoms with Gasteiger partial charge in [-0.1, -0.05) is 25.5 Å². The number of nitrogens with zero attached hydrogens (tertiary/aromatic N) is 1. The third-order valence-electron chi connectivity index (χ3n) is 4.64. The first-order chi connectivity index (χ1) is 11.7. The Labute approximate surface area is 146 Å². The molecule has 0 fully saturated rings. The van der Waals surface area contributed by atoms with Crippen molar-refractivity contribution in [3.05, 3.63) is 45.8 Å². The highest BCUT2D eigenvalue weighted by atomic mass is 32.1. The summed E-state index contributed by atoms with van der Waals surface area (Å²) in [7, 11) is 1.54. The van der Waals surface area contributed by atoms with Crippen LogP contribution in [0, 0.1) is 17.2 Å². The lowest BCUT2D eigenvalue weighted by molar-refractivity contribution is 0.102. The second-order valence-electron chi connectivity index (χ2n) is 5.99. The third kappa shape index (κ3) is 3.02. The largest absolute Gasteiger partial charge is 0.496 e. The summed E-state index contributed by atoms with van der Waals surface area (Å²) in [5.41, 5.74) is 2.23. The molecule has 1 amide bonds. The van der Waals surface area contributed by atoms with Crippen molar-refractivity contribution >= 4 is 22.2 Å². The molecule has 0 bridgehead atoms.